The maximum absolute atomic E-state index is 11.8. The van der Waals surface area contributed by atoms with E-state index in [9.17, 15) is 4.79 Å². The number of rotatable bonds is 4. The average Bonchev–Trinajstić information content (AvgIpc) is 2.88. The highest BCUT2D eigenvalue weighted by atomic mass is 79.9. The van der Waals surface area contributed by atoms with E-state index in [2.05, 4.69) is 15.9 Å². The van der Waals surface area contributed by atoms with Gasteiger partial charge >= 0.3 is 0 Å². The predicted molar refractivity (Wildman–Crippen MR) is 75.4 cm³/mol. The molecule has 3 heteroatoms. The largest absolute Gasteiger partial charge is 0.465 e. The van der Waals surface area contributed by atoms with Crippen LogP contribution in [0, 0.1) is 0 Å². The van der Waals surface area contributed by atoms with Gasteiger partial charge in [-0.3, -0.25) is 4.79 Å². The van der Waals surface area contributed by atoms with Crippen molar-refractivity contribution in [1.29, 1.82) is 0 Å². The molecule has 0 saturated heterocycles. The SMILES string of the molecule is O=C(C=CC=Cc1ccco1)c1ccc(Br)cc1. The van der Waals surface area contributed by atoms with Gasteiger partial charge in [-0.15, -0.1) is 0 Å². The van der Waals surface area contributed by atoms with Crippen LogP contribution in [-0.2, 0) is 0 Å². The molecule has 2 aromatic rings. The van der Waals surface area contributed by atoms with Crippen molar-refractivity contribution < 1.29 is 9.21 Å². The van der Waals surface area contributed by atoms with Crippen molar-refractivity contribution in [2.75, 3.05) is 0 Å². The molecule has 0 spiro atoms. The summed E-state index contributed by atoms with van der Waals surface area (Å²) in [6.45, 7) is 0. The molecule has 0 N–H and O–H groups in total. The van der Waals surface area contributed by atoms with E-state index >= 15 is 0 Å². The summed E-state index contributed by atoms with van der Waals surface area (Å²) in [6, 6.07) is 10.9. The molecule has 0 aliphatic heterocycles. The molecule has 0 unspecified atom stereocenters. The summed E-state index contributed by atoms with van der Waals surface area (Å²) in [5.74, 6) is 0.738. The van der Waals surface area contributed by atoms with Crippen LogP contribution < -0.4 is 0 Å². The number of carbonyl (C=O) groups is 1. The van der Waals surface area contributed by atoms with E-state index in [1.54, 1.807) is 36.6 Å². The highest BCUT2D eigenvalue weighted by molar-refractivity contribution is 9.10. The zero-order valence-corrected chi connectivity index (χ0v) is 11.1. The van der Waals surface area contributed by atoms with Crippen LogP contribution in [0.2, 0.25) is 0 Å². The molecule has 0 fully saturated rings. The van der Waals surface area contributed by atoms with Gasteiger partial charge in [-0.25, -0.2) is 0 Å². The minimum atomic E-state index is -0.0217. The summed E-state index contributed by atoms with van der Waals surface area (Å²) in [4.78, 5) is 11.8. The van der Waals surface area contributed by atoms with Gasteiger partial charge < -0.3 is 4.42 Å². The Hall–Kier alpha value is -1.87. The van der Waals surface area contributed by atoms with Crippen LogP contribution in [0.3, 0.4) is 0 Å². The van der Waals surface area contributed by atoms with E-state index in [1.165, 1.54) is 6.08 Å². The zero-order valence-electron chi connectivity index (χ0n) is 9.55. The van der Waals surface area contributed by atoms with E-state index in [0.29, 0.717) is 5.56 Å². The first kappa shape index (κ1) is 12.6. The lowest BCUT2D eigenvalue weighted by atomic mass is 10.1. The van der Waals surface area contributed by atoms with Crippen LogP contribution in [-0.4, -0.2) is 5.78 Å². The molecule has 0 atom stereocenters. The lowest BCUT2D eigenvalue weighted by Gasteiger charge is -1.94. The lowest BCUT2D eigenvalue weighted by molar-refractivity contribution is 0.104. The van der Waals surface area contributed by atoms with Crippen LogP contribution in [0.1, 0.15) is 16.1 Å². The van der Waals surface area contributed by atoms with E-state index in [0.717, 1.165) is 10.2 Å². The van der Waals surface area contributed by atoms with Crippen LogP contribution >= 0.6 is 15.9 Å². The zero-order chi connectivity index (χ0) is 12.8. The molecular weight excluding hydrogens is 292 g/mol. The quantitative estimate of drug-likeness (QED) is 0.473. The number of hydrogen-bond donors (Lipinski definition) is 0. The fraction of sp³-hybridized carbons (Fsp3) is 0. The Kier molecular flexibility index (Phi) is 4.31. The molecule has 1 heterocycles. The molecule has 1 aromatic heterocycles. The van der Waals surface area contributed by atoms with Crippen molar-refractivity contribution in [2.45, 2.75) is 0 Å². The van der Waals surface area contributed by atoms with E-state index in [-0.39, 0.29) is 5.78 Å². The molecule has 0 bridgehead atoms. The second kappa shape index (κ2) is 6.17. The number of allylic oxidation sites excluding steroid dienone is 3. The molecule has 18 heavy (non-hydrogen) atoms. The third-order valence-corrected chi connectivity index (χ3v) is 2.82. The second-order valence-electron chi connectivity index (χ2n) is 3.60. The van der Waals surface area contributed by atoms with Crippen LogP contribution in [0.4, 0.5) is 0 Å². The van der Waals surface area contributed by atoms with Gasteiger partial charge in [-0.1, -0.05) is 28.1 Å². The van der Waals surface area contributed by atoms with E-state index in [4.69, 9.17) is 4.42 Å². The van der Waals surface area contributed by atoms with Crippen molar-refractivity contribution in [3.63, 3.8) is 0 Å². The Bertz CT molecular complexity index is 563. The Morgan fingerprint density at radius 3 is 2.56 bits per heavy atom. The van der Waals surface area contributed by atoms with E-state index < -0.39 is 0 Å². The highest BCUT2D eigenvalue weighted by Crippen LogP contribution is 2.11. The summed E-state index contributed by atoms with van der Waals surface area (Å²) >= 11 is 3.33. The maximum atomic E-state index is 11.8. The number of ketones is 1. The fourth-order valence-electron chi connectivity index (χ4n) is 1.39. The molecule has 2 nitrogen and oxygen atoms in total. The Labute approximate surface area is 114 Å². The van der Waals surface area contributed by atoms with Crippen molar-refractivity contribution in [3.05, 3.63) is 76.7 Å². The highest BCUT2D eigenvalue weighted by Gasteiger charge is 1.99. The third kappa shape index (κ3) is 3.57. The van der Waals surface area contributed by atoms with Gasteiger partial charge in [0.1, 0.15) is 5.76 Å². The minimum absolute atomic E-state index is 0.0217. The molecule has 0 aliphatic carbocycles. The Balaban J connectivity index is 1.97. The van der Waals surface area contributed by atoms with Crippen molar-refractivity contribution in [3.8, 4) is 0 Å². The smallest absolute Gasteiger partial charge is 0.185 e. The summed E-state index contributed by atoms with van der Waals surface area (Å²) in [5.41, 5.74) is 0.667. The van der Waals surface area contributed by atoms with Crippen molar-refractivity contribution in [1.82, 2.24) is 0 Å². The van der Waals surface area contributed by atoms with Crippen molar-refractivity contribution in [2.24, 2.45) is 0 Å². The van der Waals surface area contributed by atoms with Crippen LogP contribution in [0.15, 0.2) is 69.8 Å². The first-order valence-electron chi connectivity index (χ1n) is 5.44. The summed E-state index contributed by atoms with van der Waals surface area (Å²) in [7, 11) is 0. The van der Waals surface area contributed by atoms with Crippen molar-refractivity contribution >= 4 is 27.8 Å². The van der Waals surface area contributed by atoms with Gasteiger partial charge in [0, 0.05) is 10.0 Å². The van der Waals surface area contributed by atoms with Gasteiger partial charge in [0.15, 0.2) is 5.78 Å². The number of benzene rings is 1. The number of carbonyl (C=O) groups excluding carboxylic acids is 1. The van der Waals surface area contributed by atoms with E-state index in [1.807, 2.05) is 24.3 Å². The van der Waals surface area contributed by atoms with Gasteiger partial charge in [0.05, 0.1) is 6.26 Å². The molecular formula is C15H11BrO2. The standard InChI is InChI=1S/C15H11BrO2/c16-13-9-7-12(8-10-13)15(17)6-2-1-4-14-5-3-11-18-14/h1-11H. The molecule has 0 radical (unpaired) electrons. The topological polar surface area (TPSA) is 30.2 Å². The molecule has 0 aliphatic rings. The molecule has 90 valence electrons. The first-order valence-corrected chi connectivity index (χ1v) is 6.23. The first-order chi connectivity index (χ1) is 8.75. The average molecular weight is 303 g/mol. The monoisotopic (exact) mass is 302 g/mol. The Morgan fingerprint density at radius 2 is 1.89 bits per heavy atom. The van der Waals surface area contributed by atoms with Crippen LogP contribution in [0.5, 0.6) is 0 Å². The Morgan fingerprint density at radius 1 is 1.11 bits per heavy atom. The number of furan rings is 1. The summed E-state index contributed by atoms with van der Waals surface area (Å²) < 4.78 is 6.09. The van der Waals surface area contributed by atoms with Crippen LogP contribution in [0.25, 0.3) is 6.08 Å². The normalized spacial score (nSPS) is 11.4. The van der Waals surface area contributed by atoms with Gasteiger partial charge in [0.25, 0.3) is 0 Å². The minimum Gasteiger partial charge on any atom is -0.465 e. The maximum Gasteiger partial charge on any atom is 0.185 e. The third-order valence-electron chi connectivity index (χ3n) is 2.29. The number of halogens is 1. The van der Waals surface area contributed by atoms with Gasteiger partial charge in [-0.2, -0.15) is 0 Å². The summed E-state index contributed by atoms with van der Waals surface area (Å²) in [6.07, 6.45) is 8.41. The fourth-order valence-corrected chi connectivity index (χ4v) is 1.65. The molecule has 2 rings (SSSR count). The molecule has 0 amide bonds. The summed E-state index contributed by atoms with van der Waals surface area (Å²) in [5, 5.41) is 0. The predicted octanol–water partition coefficient (Wildman–Crippen LogP) is 4.49. The van der Waals surface area contributed by atoms with Gasteiger partial charge in [0.2, 0.25) is 0 Å². The molecule has 1 aromatic carbocycles. The van der Waals surface area contributed by atoms with Gasteiger partial charge in [-0.05, 0) is 48.6 Å². The second-order valence-corrected chi connectivity index (χ2v) is 4.52. The molecule has 0 saturated carbocycles. The number of hydrogen-bond acceptors (Lipinski definition) is 2. The lowest BCUT2D eigenvalue weighted by Crippen LogP contribution is -1.92.